The van der Waals surface area contributed by atoms with Crippen molar-refractivity contribution in [1.29, 1.82) is 0 Å². The van der Waals surface area contributed by atoms with Gasteiger partial charge in [0.25, 0.3) is 0 Å². The Morgan fingerprint density at radius 1 is 0.968 bits per heavy atom. The molecule has 1 aromatic carbocycles. The average molecular weight is 445 g/mol. The molecule has 10 nitrogen and oxygen atoms in total. The maximum atomic E-state index is 13.1. The quantitative estimate of drug-likeness (QED) is 0.641. The lowest BCUT2D eigenvalue weighted by molar-refractivity contribution is 0.382. The Morgan fingerprint density at radius 2 is 1.71 bits per heavy atom. The third-order valence-electron chi connectivity index (χ3n) is 5.81. The number of sulfonamides is 1. The number of nitrogens with one attached hydrogen (secondary N) is 1. The number of anilines is 2. The Balaban J connectivity index is 1.33. The zero-order valence-electron chi connectivity index (χ0n) is 17.2. The Morgan fingerprint density at radius 3 is 2.45 bits per heavy atom. The lowest BCUT2D eigenvalue weighted by Gasteiger charge is -2.34. The number of fused-ring (bicyclic) bond motifs is 1. The van der Waals surface area contributed by atoms with Crippen molar-refractivity contribution in [1.82, 2.24) is 19.3 Å². The molecule has 2 saturated heterocycles. The molecule has 5 rings (SSSR count). The van der Waals surface area contributed by atoms with Gasteiger partial charge in [0.1, 0.15) is 5.82 Å². The van der Waals surface area contributed by atoms with Crippen LogP contribution >= 0.6 is 0 Å². The normalized spacial score (nSPS) is 18.2. The maximum absolute atomic E-state index is 13.1. The van der Waals surface area contributed by atoms with Gasteiger partial charge in [-0.15, -0.1) is 0 Å². The Hall–Kier alpha value is -2.92. The zero-order chi connectivity index (χ0) is 21.6. The summed E-state index contributed by atoms with van der Waals surface area (Å²) in [5.74, 6) is 0.985. The van der Waals surface area contributed by atoms with Crippen LogP contribution in [-0.2, 0) is 10.0 Å². The molecule has 0 aliphatic carbocycles. The number of aryl methyl sites for hydroxylation is 1. The van der Waals surface area contributed by atoms with E-state index in [4.69, 9.17) is 9.40 Å². The van der Waals surface area contributed by atoms with Crippen molar-refractivity contribution in [3.05, 3.63) is 40.5 Å². The zero-order valence-corrected chi connectivity index (χ0v) is 18.1. The Labute approximate surface area is 179 Å². The summed E-state index contributed by atoms with van der Waals surface area (Å²) < 4.78 is 32.6. The first-order chi connectivity index (χ1) is 14.9. The van der Waals surface area contributed by atoms with Crippen molar-refractivity contribution in [2.75, 3.05) is 49.1 Å². The summed E-state index contributed by atoms with van der Waals surface area (Å²) in [6.45, 7) is 5.65. The first-order valence-electron chi connectivity index (χ1n) is 10.4. The summed E-state index contributed by atoms with van der Waals surface area (Å²) in [6.07, 6.45) is 2.35. The van der Waals surface area contributed by atoms with Gasteiger partial charge in [-0.25, -0.2) is 18.2 Å². The van der Waals surface area contributed by atoms with Crippen LogP contribution in [-0.4, -0.2) is 66.9 Å². The number of piperazine rings is 1. The standard InChI is InChI=1S/C20H24N6O4S/c1-14-12-18(24-6-2-3-7-24)23-19(21-14)25-8-10-26(11-9-25)31(28,29)15-4-5-17-16(13-15)22-20(27)30-17/h4-5,12-13H,2-3,6-11H2,1H3,(H,22,27). The number of benzene rings is 1. The first-order valence-corrected chi connectivity index (χ1v) is 11.8. The number of hydrogen-bond donors (Lipinski definition) is 1. The highest BCUT2D eigenvalue weighted by Crippen LogP contribution is 2.24. The van der Waals surface area contributed by atoms with Crippen molar-refractivity contribution in [2.45, 2.75) is 24.7 Å². The number of nitrogens with zero attached hydrogens (tertiary/aromatic N) is 5. The van der Waals surface area contributed by atoms with E-state index in [1.165, 1.54) is 35.3 Å². The molecule has 2 aromatic heterocycles. The molecule has 0 spiro atoms. The van der Waals surface area contributed by atoms with E-state index in [0.29, 0.717) is 43.2 Å². The fourth-order valence-electron chi connectivity index (χ4n) is 4.16. The highest BCUT2D eigenvalue weighted by Gasteiger charge is 2.30. The van der Waals surface area contributed by atoms with Gasteiger partial charge in [0.2, 0.25) is 16.0 Å². The lowest BCUT2D eigenvalue weighted by atomic mass is 10.3. The molecule has 2 aliphatic heterocycles. The van der Waals surface area contributed by atoms with Gasteiger partial charge >= 0.3 is 5.76 Å². The van der Waals surface area contributed by atoms with Gasteiger partial charge in [0.05, 0.1) is 10.4 Å². The first kappa shape index (κ1) is 20.0. The van der Waals surface area contributed by atoms with Crippen molar-refractivity contribution < 1.29 is 12.8 Å². The number of hydrogen-bond acceptors (Lipinski definition) is 8. The van der Waals surface area contributed by atoms with Gasteiger partial charge in [-0.2, -0.15) is 9.29 Å². The second kappa shape index (κ2) is 7.65. The summed E-state index contributed by atoms with van der Waals surface area (Å²) in [4.78, 5) is 27.6. The molecule has 0 atom stereocenters. The molecule has 0 unspecified atom stereocenters. The topological polar surface area (TPSA) is 116 Å². The highest BCUT2D eigenvalue weighted by atomic mass is 32.2. The van der Waals surface area contributed by atoms with Crippen LogP contribution in [0.15, 0.2) is 38.4 Å². The van der Waals surface area contributed by atoms with E-state index < -0.39 is 15.8 Å². The molecule has 31 heavy (non-hydrogen) atoms. The minimum absolute atomic E-state index is 0.133. The second-order valence-electron chi connectivity index (χ2n) is 7.93. The van der Waals surface area contributed by atoms with Crippen LogP contribution in [0.25, 0.3) is 11.1 Å². The number of rotatable bonds is 4. The van der Waals surface area contributed by atoms with Gasteiger partial charge < -0.3 is 14.2 Å². The predicted molar refractivity (Wildman–Crippen MR) is 116 cm³/mol. The number of H-pyrrole nitrogens is 1. The van der Waals surface area contributed by atoms with Crippen LogP contribution in [0.3, 0.4) is 0 Å². The maximum Gasteiger partial charge on any atom is 0.417 e. The minimum atomic E-state index is -3.69. The molecule has 0 amide bonds. The molecule has 0 bridgehead atoms. The molecular weight excluding hydrogens is 420 g/mol. The summed E-state index contributed by atoms with van der Waals surface area (Å²) in [5, 5.41) is 0. The monoisotopic (exact) mass is 444 g/mol. The molecule has 11 heteroatoms. The van der Waals surface area contributed by atoms with Crippen LogP contribution in [0.2, 0.25) is 0 Å². The van der Waals surface area contributed by atoms with E-state index in [-0.39, 0.29) is 4.90 Å². The summed E-state index contributed by atoms with van der Waals surface area (Å²) in [5.41, 5.74) is 1.61. The second-order valence-corrected chi connectivity index (χ2v) is 9.86. The molecular formula is C20H24N6O4S. The van der Waals surface area contributed by atoms with Crippen molar-refractivity contribution in [2.24, 2.45) is 0 Å². The fraction of sp³-hybridized carbons (Fsp3) is 0.450. The van der Waals surface area contributed by atoms with Gasteiger partial charge in [0.15, 0.2) is 5.58 Å². The smallest absolute Gasteiger partial charge is 0.408 e. The predicted octanol–water partition coefficient (Wildman–Crippen LogP) is 1.33. The molecule has 0 radical (unpaired) electrons. The SMILES string of the molecule is Cc1cc(N2CCCC2)nc(N2CCN(S(=O)(=O)c3ccc4oc(=O)[nH]c4c3)CC2)n1. The molecule has 2 aliphatic rings. The highest BCUT2D eigenvalue weighted by molar-refractivity contribution is 7.89. The van der Waals surface area contributed by atoms with Gasteiger partial charge in [-0.1, -0.05) is 0 Å². The van der Waals surface area contributed by atoms with Crippen LogP contribution in [0.1, 0.15) is 18.5 Å². The third-order valence-corrected chi connectivity index (χ3v) is 7.70. The number of aromatic nitrogens is 3. The third kappa shape index (κ3) is 3.79. The van der Waals surface area contributed by atoms with Crippen LogP contribution in [0, 0.1) is 6.92 Å². The minimum Gasteiger partial charge on any atom is -0.408 e. The molecule has 2 fully saturated rings. The average Bonchev–Trinajstić information content (AvgIpc) is 3.42. The largest absolute Gasteiger partial charge is 0.417 e. The molecule has 1 N–H and O–H groups in total. The van der Waals surface area contributed by atoms with Crippen molar-refractivity contribution in [3.63, 3.8) is 0 Å². The van der Waals surface area contributed by atoms with Gasteiger partial charge in [-0.05, 0) is 38.0 Å². The number of aromatic amines is 1. The summed E-state index contributed by atoms with van der Waals surface area (Å²) in [6, 6.07) is 6.41. The Kier molecular flexibility index (Phi) is 4.94. The molecule has 3 aromatic rings. The fourth-order valence-corrected chi connectivity index (χ4v) is 5.60. The van der Waals surface area contributed by atoms with Crippen LogP contribution in [0.5, 0.6) is 0 Å². The molecule has 0 saturated carbocycles. The van der Waals surface area contributed by atoms with Crippen molar-refractivity contribution in [3.8, 4) is 0 Å². The van der Waals surface area contributed by atoms with Gasteiger partial charge in [0, 0.05) is 51.0 Å². The van der Waals surface area contributed by atoms with Gasteiger partial charge in [-0.3, -0.25) is 4.98 Å². The van der Waals surface area contributed by atoms with E-state index >= 15 is 0 Å². The summed E-state index contributed by atoms with van der Waals surface area (Å²) >= 11 is 0. The molecule has 4 heterocycles. The number of oxazole rings is 1. The van der Waals surface area contributed by atoms with Crippen LogP contribution < -0.4 is 15.6 Å². The van der Waals surface area contributed by atoms with E-state index in [1.807, 2.05) is 17.9 Å². The van der Waals surface area contributed by atoms with E-state index in [1.54, 1.807) is 0 Å². The van der Waals surface area contributed by atoms with E-state index in [2.05, 4.69) is 14.9 Å². The van der Waals surface area contributed by atoms with Crippen molar-refractivity contribution >= 4 is 32.9 Å². The molecule has 164 valence electrons. The Bertz CT molecular complexity index is 1270. The van der Waals surface area contributed by atoms with Crippen LogP contribution in [0.4, 0.5) is 11.8 Å². The lowest BCUT2D eigenvalue weighted by Crippen LogP contribution is -2.49. The summed E-state index contributed by atoms with van der Waals surface area (Å²) in [7, 11) is -3.69. The van der Waals surface area contributed by atoms with E-state index in [0.717, 1.165) is 24.6 Å². The van der Waals surface area contributed by atoms with E-state index in [9.17, 15) is 13.2 Å².